The number of nitrogens with zero attached hydrogens (tertiary/aromatic N) is 3. The quantitative estimate of drug-likeness (QED) is 0.716. The van der Waals surface area contributed by atoms with Crippen LogP contribution in [0.1, 0.15) is 34.9 Å². The third-order valence-electron chi connectivity index (χ3n) is 4.86. The molecular weight excluding hydrogens is 330 g/mol. The molecule has 4 rings (SSSR count). The topological polar surface area (TPSA) is 72.4 Å². The zero-order chi connectivity index (χ0) is 17.9. The fourth-order valence-electron chi connectivity index (χ4n) is 3.49. The summed E-state index contributed by atoms with van der Waals surface area (Å²) in [7, 11) is 0. The van der Waals surface area contributed by atoms with Crippen molar-refractivity contribution in [1.82, 2.24) is 15.0 Å². The molecule has 3 heterocycles. The van der Waals surface area contributed by atoms with Gasteiger partial charge >= 0.3 is 0 Å². The number of furan rings is 1. The highest BCUT2D eigenvalue weighted by Gasteiger charge is 2.27. The van der Waals surface area contributed by atoms with Crippen molar-refractivity contribution >= 4 is 5.91 Å². The van der Waals surface area contributed by atoms with Gasteiger partial charge in [0.2, 0.25) is 11.7 Å². The SMILES string of the molecule is Cc1ccccc1-c1noc(CC2CCCN(C(=O)c3ccco3)C2)n1. The van der Waals surface area contributed by atoms with Gasteiger partial charge < -0.3 is 13.8 Å². The number of piperidine rings is 1. The molecule has 1 aliphatic heterocycles. The number of benzene rings is 1. The number of rotatable bonds is 4. The van der Waals surface area contributed by atoms with E-state index < -0.39 is 0 Å². The summed E-state index contributed by atoms with van der Waals surface area (Å²) in [4.78, 5) is 18.9. The molecule has 3 aromatic rings. The van der Waals surface area contributed by atoms with Gasteiger partial charge in [-0.2, -0.15) is 4.98 Å². The number of aryl methyl sites for hydroxylation is 1. The minimum atomic E-state index is -0.0502. The summed E-state index contributed by atoms with van der Waals surface area (Å²) >= 11 is 0. The Labute approximate surface area is 151 Å². The smallest absolute Gasteiger partial charge is 0.289 e. The van der Waals surface area contributed by atoms with Crippen LogP contribution in [0.4, 0.5) is 0 Å². The highest BCUT2D eigenvalue weighted by atomic mass is 16.5. The summed E-state index contributed by atoms with van der Waals surface area (Å²) in [6.07, 6.45) is 4.22. The van der Waals surface area contributed by atoms with Gasteiger partial charge in [-0.15, -0.1) is 0 Å². The molecule has 0 saturated carbocycles. The number of hydrogen-bond donors (Lipinski definition) is 0. The monoisotopic (exact) mass is 351 g/mol. The zero-order valence-electron chi connectivity index (χ0n) is 14.7. The third-order valence-corrected chi connectivity index (χ3v) is 4.86. The molecule has 26 heavy (non-hydrogen) atoms. The normalized spacial score (nSPS) is 17.4. The number of aromatic nitrogens is 2. The highest BCUT2D eigenvalue weighted by Crippen LogP contribution is 2.24. The second kappa shape index (κ2) is 7.15. The van der Waals surface area contributed by atoms with Crippen LogP contribution in [0.2, 0.25) is 0 Å². The molecule has 1 aliphatic rings. The van der Waals surface area contributed by atoms with E-state index in [9.17, 15) is 4.79 Å². The fourth-order valence-corrected chi connectivity index (χ4v) is 3.49. The summed E-state index contributed by atoms with van der Waals surface area (Å²) in [5.74, 6) is 1.90. The second-order valence-electron chi connectivity index (χ2n) is 6.77. The molecule has 134 valence electrons. The van der Waals surface area contributed by atoms with Crippen LogP contribution in [0.3, 0.4) is 0 Å². The number of carbonyl (C=O) groups is 1. The summed E-state index contributed by atoms with van der Waals surface area (Å²) < 4.78 is 10.7. The molecule has 0 radical (unpaired) electrons. The van der Waals surface area contributed by atoms with Gasteiger partial charge in [0.05, 0.1) is 6.26 Å². The maximum absolute atomic E-state index is 12.5. The molecule has 1 atom stereocenters. The van der Waals surface area contributed by atoms with Gasteiger partial charge in [-0.1, -0.05) is 29.4 Å². The van der Waals surface area contributed by atoms with Crippen molar-refractivity contribution < 1.29 is 13.7 Å². The van der Waals surface area contributed by atoms with E-state index >= 15 is 0 Å². The largest absolute Gasteiger partial charge is 0.459 e. The first-order valence-electron chi connectivity index (χ1n) is 8.92. The molecule has 0 aliphatic carbocycles. The van der Waals surface area contributed by atoms with Crippen LogP contribution >= 0.6 is 0 Å². The maximum atomic E-state index is 12.5. The Bertz CT molecular complexity index is 885. The zero-order valence-corrected chi connectivity index (χ0v) is 14.7. The molecule has 1 fully saturated rings. The fraction of sp³-hybridized carbons (Fsp3) is 0.350. The van der Waals surface area contributed by atoms with Gasteiger partial charge in [-0.25, -0.2) is 0 Å². The van der Waals surface area contributed by atoms with E-state index in [0.29, 0.717) is 36.4 Å². The van der Waals surface area contributed by atoms with Crippen LogP contribution in [0, 0.1) is 12.8 Å². The molecule has 1 saturated heterocycles. The lowest BCUT2D eigenvalue weighted by Crippen LogP contribution is -2.40. The molecule has 0 spiro atoms. The Kier molecular flexibility index (Phi) is 4.56. The standard InChI is InChI=1S/C20H21N3O3/c1-14-6-2-3-8-16(14)19-21-18(26-22-19)12-15-7-4-10-23(13-15)20(24)17-9-5-11-25-17/h2-3,5-6,8-9,11,15H,4,7,10,12-13H2,1H3. The third kappa shape index (κ3) is 3.40. The first-order chi connectivity index (χ1) is 12.7. The van der Waals surface area contributed by atoms with Crippen LogP contribution in [-0.2, 0) is 6.42 Å². The Morgan fingerprint density at radius 3 is 2.96 bits per heavy atom. The first-order valence-corrected chi connectivity index (χ1v) is 8.92. The van der Waals surface area contributed by atoms with Crippen LogP contribution in [0.15, 0.2) is 51.6 Å². The van der Waals surface area contributed by atoms with Crippen LogP contribution < -0.4 is 0 Å². The van der Waals surface area contributed by atoms with E-state index in [0.717, 1.165) is 30.5 Å². The first kappa shape index (κ1) is 16.6. The average Bonchev–Trinajstić information content (AvgIpc) is 3.34. The van der Waals surface area contributed by atoms with E-state index in [1.165, 1.54) is 6.26 Å². The lowest BCUT2D eigenvalue weighted by molar-refractivity contribution is 0.0636. The number of likely N-dealkylation sites (tertiary alicyclic amines) is 1. The van der Waals surface area contributed by atoms with Crippen LogP contribution in [-0.4, -0.2) is 34.0 Å². The van der Waals surface area contributed by atoms with Crippen molar-refractivity contribution in [2.45, 2.75) is 26.2 Å². The lowest BCUT2D eigenvalue weighted by atomic mass is 9.94. The van der Waals surface area contributed by atoms with Gasteiger partial charge in [0.15, 0.2) is 5.76 Å². The molecule has 2 aromatic heterocycles. The maximum Gasteiger partial charge on any atom is 0.289 e. The predicted molar refractivity (Wildman–Crippen MR) is 95.5 cm³/mol. The van der Waals surface area contributed by atoms with Crippen molar-refractivity contribution in [2.75, 3.05) is 13.1 Å². The molecule has 6 nitrogen and oxygen atoms in total. The Balaban J connectivity index is 1.43. The number of amides is 1. The van der Waals surface area contributed by atoms with Crippen molar-refractivity contribution in [1.29, 1.82) is 0 Å². The van der Waals surface area contributed by atoms with E-state index in [1.54, 1.807) is 12.1 Å². The van der Waals surface area contributed by atoms with Crippen molar-refractivity contribution in [3.8, 4) is 11.4 Å². The molecule has 1 amide bonds. The molecule has 1 aromatic carbocycles. The number of hydrogen-bond acceptors (Lipinski definition) is 5. The van der Waals surface area contributed by atoms with Gasteiger partial charge in [-0.05, 0) is 43.4 Å². The van der Waals surface area contributed by atoms with Crippen molar-refractivity contribution in [3.05, 3.63) is 59.9 Å². The second-order valence-corrected chi connectivity index (χ2v) is 6.77. The highest BCUT2D eigenvalue weighted by molar-refractivity contribution is 5.91. The number of carbonyl (C=O) groups excluding carboxylic acids is 1. The molecule has 0 bridgehead atoms. The summed E-state index contributed by atoms with van der Waals surface area (Å²) in [5, 5.41) is 4.13. The van der Waals surface area contributed by atoms with Crippen LogP contribution in [0.25, 0.3) is 11.4 Å². The van der Waals surface area contributed by atoms with E-state index in [-0.39, 0.29) is 5.91 Å². The van der Waals surface area contributed by atoms with Gasteiger partial charge in [0.1, 0.15) is 0 Å². The van der Waals surface area contributed by atoms with Gasteiger partial charge in [0.25, 0.3) is 5.91 Å². The Morgan fingerprint density at radius 2 is 2.15 bits per heavy atom. The van der Waals surface area contributed by atoms with Crippen LogP contribution in [0.5, 0.6) is 0 Å². The Morgan fingerprint density at radius 1 is 1.27 bits per heavy atom. The minimum Gasteiger partial charge on any atom is -0.459 e. The molecule has 0 N–H and O–H groups in total. The van der Waals surface area contributed by atoms with Gasteiger partial charge in [-0.3, -0.25) is 4.79 Å². The average molecular weight is 351 g/mol. The van der Waals surface area contributed by atoms with Gasteiger partial charge in [0, 0.05) is 25.1 Å². The van der Waals surface area contributed by atoms with E-state index in [1.807, 2.05) is 36.1 Å². The Hall–Kier alpha value is -2.89. The molecule has 1 unspecified atom stereocenters. The summed E-state index contributed by atoms with van der Waals surface area (Å²) in [6, 6.07) is 11.4. The van der Waals surface area contributed by atoms with Crippen molar-refractivity contribution in [2.24, 2.45) is 5.92 Å². The minimum absolute atomic E-state index is 0.0502. The lowest BCUT2D eigenvalue weighted by Gasteiger charge is -2.31. The summed E-state index contributed by atoms with van der Waals surface area (Å²) in [6.45, 7) is 3.47. The van der Waals surface area contributed by atoms with Crippen molar-refractivity contribution in [3.63, 3.8) is 0 Å². The van der Waals surface area contributed by atoms with E-state index in [2.05, 4.69) is 10.1 Å². The summed E-state index contributed by atoms with van der Waals surface area (Å²) in [5.41, 5.74) is 2.11. The van der Waals surface area contributed by atoms with E-state index in [4.69, 9.17) is 8.94 Å². The molecular formula is C20H21N3O3. The molecule has 6 heteroatoms. The predicted octanol–water partition coefficient (Wildman–Crippen LogP) is 3.73.